The summed E-state index contributed by atoms with van der Waals surface area (Å²) in [6.07, 6.45) is 8.38. The molecular formula is C29H35N3O4. The summed E-state index contributed by atoms with van der Waals surface area (Å²) in [6.45, 7) is 2.45. The van der Waals surface area contributed by atoms with E-state index >= 15 is 0 Å². The van der Waals surface area contributed by atoms with Crippen molar-refractivity contribution in [2.75, 3.05) is 26.7 Å². The van der Waals surface area contributed by atoms with Crippen molar-refractivity contribution < 1.29 is 19.7 Å². The molecule has 36 heavy (non-hydrogen) atoms. The van der Waals surface area contributed by atoms with Gasteiger partial charge in [0.05, 0.1) is 25.3 Å². The van der Waals surface area contributed by atoms with Gasteiger partial charge in [0.25, 0.3) is 0 Å². The number of hydrogen-bond donors (Lipinski definition) is 2. The molecule has 0 spiro atoms. The monoisotopic (exact) mass is 489 g/mol. The normalized spacial score (nSPS) is 19.0. The van der Waals surface area contributed by atoms with Gasteiger partial charge in [0.1, 0.15) is 5.75 Å². The molecule has 1 aromatic carbocycles. The van der Waals surface area contributed by atoms with Crippen molar-refractivity contribution in [3.8, 4) is 17.6 Å². The summed E-state index contributed by atoms with van der Waals surface area (Å²) >= 11 is 0. The second-order valence-electron chi connectivity index (χ2n) is 9.72. The zero-order valence-corrected chi connectivity index (χ0v) is 21.1. The number of carboxylic acid groups (broad SMARTS) is 1. The number of carboxylic acids is 1. The third kappa shape index (κ3) is 6.66. The summed E-state index contributed by atoms with van der Waals surface area (Å²) < 4.78 is 7.35. The number of fused-ring (bicyclic) bond motifs is 1. The van der Waals surface area contributed by atoms with E-state index in [2.05, 4.69) is 21.7 Å². The maximum Gasteiger partial charge on any atom is 0.303 e. The lowest BCUT2D eigenvalue weighted by atomic mass is 9.79. The summed E-state index contributed by atoms with van der Waals surface area (Å²) in [5.41, 5.74) is 2.69. The maximum absolute atomic E-state index is 11.3. The third-order valence-electron chi connectivity index (χ3n) is 7.22. The van der Waals surface area contributed by atoms with E-state index in [1.807, 2.05) is 54.3 Å². The second-order valence-corrected chi connectivity index (χ2v) is 9.72. The topological polar surface area (TPSA) is 87.8 Å². The highest BCUT2D eigenvalue weighted by Crippen LogP contribution is 2.35. The molecule has 4 rings (SSSR count). The van der Waals surface area contributed by atoms with Gasteiger partial charge in [0.15, 0.2) is 0 Å². The Balaban J connectivity index is 1.39. The molecule has 1 aliphatic heterocycles. The fraction of sp³-hybridized carbons (Fsp3) is 0.448. The number of aromatic nitrogens is 2. The first kappa shape index (κ1) is 25.7. The van der Waals surface area contributed by atoms with E-state index in [1.165, 1.54) is 0 Å². The average Bonchev–Trinajstić information content (AvgIpc) is 3.30. The molecular weight excluding hydrogens is 454 g/mol. The zero-order chi connectivity index (χ0) is 25.5. The van der Waals surface area contributed by atoms with Crippen molar-refractivity contribution >= 4 is 16.9 Å². The number of aryl methyl sites for hydroxylation is 1. The van der Waals surface area contributed by atoms with Crippen LogP contribution in [0.1, 0.15) is 49.3 Å². The Kier molecular flexibility index (Phi) is 8.63. The molecule has 2 aromatic heterocycles. The van der Waals surface area contributed by atoms with Crippen LogP contribution >= 0.6 is 0 Å². The largest absolute Gasteiger partial charge is 0.497 e. The first-order valence-electron chi connectivity index (χ1n) is 12.6. The van der Waals surface area contributed by atoms with Gasteiger partial charge in [0.2, 0.25) is 0 Å². The van der Waals surface area contributed by atoms with Crippen LogP contribution in [-0.2, 0) is 11.8 Å². The van der Waals surface area contributed by atoms with Crippen LogP contribution in [0.5, 0.6) is 5.75 Å². The van der Waals surface area contributed by atoms with Gasteiger partial charge in [0, 0.05) is 49.6 Å². The van der Waals surface area contributed by atoms with E-state index < -0.39 is 12.1 Å². The molecule has 7 heteroatoms. The Morgan fingerprint density at radius 1 is 1.25 bits per heavy atom. The minimum Gasteiger partial charge on any atom is -0.497 e. The van der Waals surface area contributed by atoms with Crippen molar-refractivity contribution in [3.05, 3.63) is 60.0 Å². The van der Waals surface area contributed by atoms with Crippen LogP contribution in [0.4, 0.5) is 0 Å². The van der Waals surface area contributed by atoms with E-state index in [4.69, 9.17) is 4.74 Å². The van der Waals surface area contributed by atoms with E-state index in [0.717, 1.165) is 53.7 Å². The quantitative estimate of drug-likeness (QED) is 0.437. The van der Waals surface area contributed by atoms with Crippen LogP contribution in [0.2, 0.25) is 0 Å². The first-order chi connectivity index (χ1) is 17.4. The molecule has 0 amide bonds. The molecule has 3 heterocycles. The summed E-state index contributed by atoms with van der Waals surface area (Å²) in [4.78, 5) is 18.0. The molecule has 2 N–H and O–H groups in total. The van der Waals surface area contributed by atoms with Gasteiger partial charge in [-0.15, -0.1) is 0 Å². The molecule has 190 valence electrons. The number of pyridine rings is 1. The number of nitrogens with zero attached hydrogens (tertiary/aromatic N) is 3. The minimum absolute atomic E-state index is 0.169. The maximum atomic E-state index is 11.3. The van der Waals surface area contributed by atoms with Crippen LogP contribution in [0.15, 0.2) is 48.9 Å². The van der Waals surface area contributed by atoms with Crippen molar-refractivity contribution in [2.45, 2.75) is 38.2 Å². The highest BCUT2D eigenvalue weighted by Gasteiger charge is 2.29. The fourth-order valence-corrected chi connectivity index (χ4v) is 5.24. The minimum atomic E-state index is -0.757. The summed E-state index contributed by atoms with van der Waals surface area (Å²) in [5, 5.41) is 21.3. The lowest BCUT2D eigenvalue weighted by Gasteiger charge is -2.38. The Hall–Kier alpha value is -3.34. The van der Waals surface area contributed by atoms with Gasteiger partial charge in [-0.05, 0) is 80.0 Å². The van der Waals surface area contributed by atoms with Gasteiger partial charge < -0.3 is 19.5 Å². The highest BCUT2D eigenvalue weighted by molar-refractivity contribution is 5.83. The second kappa shape index (κ2) is 12.1. The molecule has 3 aromatic rings. The van der Waals surface area contributed by atoms with E-state index in [1.54, 1.807) is 13.3 Å². The van der Waals surface area contributed by atoms with Crippen LogP contribution in [0.3, 0.4) is 0 Å². The number of aliphatic carboxylic acids is 1. The number of likely N-dealkylation sites (tertiary alicyclic amines) is 1. The summed E-state index contributed by atoms with van der Waals surface area (Å²) in [6, 6.07) is 9.58. The fourth-order valence-electron chi connectivity index (χ4n) is 5.24. The van der Waals surface area contributed by atoms with E-state index in [-0.39, 0.29) is 12.3 Å². The number of benzene rings is 1. The van der Waals surface area contributed by atoms with Crippen LogP contribution < -0.4 is 4.74 Å². The summed E-state index contributed by atoms with van der Waals surface area (Å²) in [7, 11) is 3.61. The number of ether oxygens (including phenoxy) is 1. The van der Waals surface area contributed by atoms with Crippen molar-refractivity contribution in [3.63, 3.8) is 0 Å². The number of carbonyl (C=O) groups is 1. The van der Waals surface area contributed by atoms with Gasteiger partial charge in [-0.25, -0.2) is 0 Å². The summed E-state index contributed by atoms with van der Waals surface area (Å²) in [5.74, 6) is 7.12. The molecule has 3 atom stereocenters. The number of hydrogen-bond acceptors (Lipinski definition) is 5. The number of aliphatic hydroxyl groups is 1. The lowest BCUT2D eigenvalue weighted by molar-refractivity contribution is -0.137. The standard InChI is InChI=1S/C29H35N3O4/c1-31-16-12-21(19-31)4-3-15-32-17-13-22(23(20-32)6-10-29(34)35)5-9-28(33)25-11-14-30-27-8-7-24(36-2)18-26(25)27/h7-8,11-12,14,16,18-19,22-23,28,33H,5-6,9-10,13,15,17,20H2,1-2H3,(H,34,35)/t22-,23-,28-/m1/s1. The van der Waals surface area contributed by atoms with Crippen LogP contribution in [0, 0.1) is 23.7 Å². The Bertz CT molecular complexity index is 1240. The van der Waals surface area contributed by atoms with Crippen molar-refractivity contribution in [1.82, 2.24) is 14.5 Å². The highest BCUT2D eigenvalue weighted by atomic mass is 16.5. The number of methoxy groups -OCH3 is 1. The van der Waals surface area contributed by atoms with Gasteiger partial charge in [-0.1, -0.05) is 11.8 Å². The Labute approximate surface area is 212 Å². The first-order valence-corrected chi connectivity index (χ1v) is 12.6. The average molecular weight is 490 g/mol. The number of aliphatic hydroxyl groups excluding tert-OH is 1. The molecule has 1 saturated heterocycles. The smallest absolute Gasteiger partial charge is 0.303 e. The molecule has 1 aliphatic rings. The van der Waals surface area contributed by atoms with E-state index in [9.17, 15) is 15.0 Å². The third-order valence-corrected chi connectivity index (χ3v) is 7.22. The van der Waals surface area contributed by atoms with Crippen LogP contribution in [-0.4, -0.2) is 57.4 Å². The molecule has 0 unspecified atom stereocenters. The van der Waals surface area contributed by atoms with Gasteiger partial charge in [-0.2, -0.15) is 0 Å². The van der Waals surface area contributed by atoms with Gasteiger partial charge >= 0.3 is 5.97 Å². The number of rotatable bonds is 9. The van der Waals surface area contributed by atoms with Crippen molar-refractivity contribution in [1.29, 1.82) is 0 Å². The molecule has 7 nitrogen and oxygen atoms in total. The number of piperidine rings is 1. The molecule has 0 bridgehead atoms. The molecule has 1 fully saturated rings. The molecule has 0 radical (unpaired) electrons. The predicted octanol–water partition coefficient (Wildman–Crippen LogP) is 4.25. The molecule has 0 aliphatic carbocycles. The van der Waals surface area contributed by atoms with Crippen LogP contribution in [0.25, 0.3) is 10.9 Å². The van der Waals surface area contributed by atoms with Gasteiger partial charge in [-0.3, -0.25) is 14.7 Å². The predicted molar refractivity (Wildman–Crippen MR) is 140 cm³/mol. The zero-order valence-electron chi connectivity index (χ0n) is 21.1. The Morgan fingerprint density at radius 3 is 2.86 bits per heavy atom. The van der Waals surface area contributed by atoms with E-state index in [0.29, 0.717) is 25.3 Å². The van der Waals surface area contributed by atoms with Crippen molar-refractivity contribution in [2.24, 2.45) is 18.9 Å². The Morgan fingerprint density at radius 2 is 2.11 bits per heavy atom. The lowest BCUT2D eigenvalue weighted by Crippen LogP contribution is -2.41. The molecule has 0 saturated carbocycles. The SMILES string of the molecule is COc1ccc2nccc([C@H](O)CC[C@@H]3CCN(CC#Cc4ccn(C)c4)C[C@H]3CCC(=O)O)c2c1.